The third-order valence-corrected chi connectivity index (χ3v) is 5.98. The number of carbonyl (C=O) groups excluding carboxylic acids is 2. The smallest absolute Gasteiger partial charge is 0.328 e. The van der Waals surface area contributed by atoms with Gasteiger partial charge >= 0.3 is 5.97 Å². The van der Waals surface area contributed by atoms with E-state index in [1.165, 1.54) is 24.1 Å². The fourth-order valence-corrected chi connectivity index (χ4v) is 4.18. The molecule has 0 N–H and O–H groups in total. The quantitative estimate of drug-likeness (QED) is 0.237. The number of amides is 1. The first-order valence-electron chi connectivity index (χ1n) is 10.8. The van der Waals surface area contributed by atoms with Crippen molar-refractivity contribution in [3.8, 4) is 11.8 Å². The summed E-state index contributed by atoms with van der Waals surface area (Å²) < 4.78 is 10.8. The van der Waals surface area contributed by atoms with Gasteiger partial charge in [-0.05, 0) is 35.7 Å². The van der Waals surface area contributed by atoms with E-state index in [0.29, 0.717) is 16.4 Å². The van der Waals surface area contributed by atoms with Gasteiger partial charge in [-0.3, -0.25) is 4.79 Å². The first-order valence-corrected chi connectivity index (χ1v) is 11.6. The molecule has 0 saturated heterocycles. The summed E-state index contributed by atoms with van der Waals surface area (Å²) in [6.07, 6.45) is 0.247. The number of rotatable bonds is 6. The number of furan rings is 1. The fourth-order valence-electron chi connectivity index (χ4n) is 3.69. The minimum absolute atomic E-state index is 0.0541. The summed E-state index contributed by atoms with van der Waals surface area (Å²) in [6, 6.07) is 22.4. The SMILES string of the molecule is COC(=O)C(Cc1ccccc1)N(CC#Cc1cc2ccccc2o1)C(=O)c1ccc(Cl)cc1Cl. The van der Waals surface area contributed by atoms with Crippen LogP contribution in [0.5, 0.6) is 0 Å². The van der Waals surface area contributed by atoms with Gasteiger partial charge in [0, 0.05) is 22.9 Å². The van der Waals surface area contributed by atoms with E-state index >= 15 is 0 Å². The fraction of sp³-hybridized carbons (Fsp3) is 0.143. The molecule has 0 spiro atoms. The van der Waals surface area contributed by atoms with Crippen molar-refractivity contribution in [3.05, 3.63) is 106 Å². The van der Waals surface area contributed by atoms with E-state index in [4.69, 9.17) is 32.4 Å². The molecule has 1 amide bonds. The molecule has 0 aliphatic rings. The Kier molecular flexibility index (Phi) is 7.77. The molecule has 35 heavy (non-hydrogen) atoms. The van der Waals surface area contributed by atoms with Crippen LogP contribution < -0.4 is 0 Å². The van der Waals surface area contributed by atoms with Gasteiger partial charge in [0.25, 0.3) is 5.91 Å². The predicted octanol–water partition coefficient (Wildman–Crippen LogP) is 6.02. The largest absolute Gasteiger partial charge is 0.467 e. The van der Waals surface area contributed by atoms with Gasteiger partial charge in [-0.15, -0.1) is 0 Å². The molecule has 1 atom stereocenters. The maximum Gasteiger partial charge on any atom is 0.328 e. The van der Waals surface area contributed by atoms with Crippen molar-refractivity contribution in [1.29, 1.82) is 0 Å². The molecule has 1 heterocycles. The number of halogens is 2. The van der Waals surface area contributed by atoms with Crippen LogP contribution in [0.25, 0.3) is 11.0 Å². The molecular formula is C28H21Cl2NO4. The Bertz CT molecular complexity index is 1390. The van der Waals surface area contributed by atoms with Crippen LogP contribution in [0.15, 0.2) is 83.3 Å². The lowest BCUT2D eigenvalue weighted by molar-refractivity contribution is -0.145. The molecule has 5 nitrogen and oxygen atoms in total. The van der Waals surface area contributed by atoms with Crippen LogP contribution in [-0.2, 0) is 16.0 Å². The highest BCUT2D eigenvalue weighted by Gasteiger charge is 2.32. The van der Waals surface area contributed by atoms with Crippen molar-refractivity contribution >= 4 is 46.0 Å². The molecule has 7 heteroatoms. The average Bonchev–Trinajstić information content (AvgIpc) is 3.28. The lowest BCUT2D eigenvalue weighted by Gasteiger charge is -2.29. The second-order valence-corrected chi connectivity index (χ2v) is 8.58. The Balaban J connectivity index is 1.69. The number of fused-ring (bicyclic) bond motifs is 1. The topological polar surface area (TPSA) is 59.8 Å². The van der Waals surface area contributed by atoms with E-state index in [1.807, 2.05) is 60.7 Å². The Morgan fingerprint density at radius 2 is 1.74 bits per heavy atom. The number of nitrogens with zero attached hydrogens (tertiary/aromatic N) is 1. The maximum absolute atomic E-state index is 13.6. The Hall–Kier alpha value is -3.72. The number of ether oxygens (including phenoxy) is 1. The van der Waals surface area contributed by atoms with Crippen molar-refractivity contribution < 1.29 is 18.7 Å². The first kappa shape index (κ1) is 24.4. The molecule has 0 aliphatic carbocycles. The normalized spacial score (nSPS) is 11.4. The van der Waals surface area contributed by atoms with Crippen LogP contribution >= 0.6 is 23.2 Å². The molecule has 0 fully saturated rings. The zero-order valence-electron chi connectivity index (χ0n) is 18.8. The third kappa shape index (κ3) is 5.86. The summed E-state index contributed by atoms with van der Waals surface area (Å²) in [7, 11) is 1.29. The van der Waals surface area contributed by atoms with Crippen molar-refractivity contribution in [3.63, 3.8) is 0 Å². The molecule has 0 saturated carbocycles. The maximum atomic E-state index is 13.6. The van der Waals surface area contributed by atoms with Gasteiger partial charge in [-0.2, -0.15) is 0 Å². The zero-order valence-corrected chi connectivity index (χ0v) is 20.3. The molecule has 3 aromatic carbocycles. The van der Waals surface area contributed by atoms with Crippen LogP contribution in [0, 0.1) is 11.8 Å². The summed E-state index contributed by atoms with van der Waals surface area (Å²) in [5, 5.41) is 1.51. The van der Waals surface area contributed by atoms with Crippen LogP contribution in [-0.4, -0.2) is 36.5 Å². The molecule has 0 radical (unpaired) electrons. The standard InChI is InChI=1S/C28H21Cl2NO4/c1-34-28(33)25(16-19-8-3-2-4-9-19)31(27(32)23-14-13-21(29)18-24(23)30)15-7-11-22-17-20-10-5-6-12-26(20)35-22/h2-6,8-10,12-14,17-18,25H,15-16H2,1H3. The molecule has 4 aromatic rings. The van der Waals surface area contributed by atoms with Gasteiger partial charge < -0.3 is 14.1 Å². The van der Waals surface area contributed by atoms with E-state index in [-0.39, 0.29) is 23.6 Å². The van der Waals surface area contributed by atoms with Crippen molar-refractivity contribution in [2.45, 2.75) is 12.5 Å². The third-order valence-electron chi connectivity index (χ3n) is 5.43. The predicted molar refractivity (Wildman–Crippen MR) is 137 cm³/mol. The number of hydrogen-bond donors (Lipinski definition) is 0. The van der Waals surface area contributed by atoms with Gasteiger partial charge in [0.05, 0.1) is 24.2 Å². The van der Waals surface area contributed by atoms with Crippen LogP contribution in [0.2, 0.25) is 10.0 Å². The molecule has 0 aliphatic heterocycles. The van der Waals surface area contributed by atoms with Crippen molar-refractivity contribution in [2.24, 2.45) is 0 Å². The highest BCUT2D eigenvalue weighted by Crippen LogP contribution is 2.24. The minimum Gasteiger partial charge on any atom is -0.467 e. The van der Waals surface area contributed by atoms with Gasteiger partial charge in [0.15, 0.2) is 5.76 Å². The zero-order chi connectivity index (χ0) is 24.8. The van der Waals surface area contributed by atoms with Gasteiger partial charge in [-0.25, -0.2) is 4.79 Å². The van der Waals surface area contributed by atoms with Gasteiger partial charge in [0.1, 0.15) is 11.6 Å². The molecule has 1 unspecified atom stereocenters. The molecule has 4 rings (SSSR count). The Labute approximate surface area is 213 Å². The van der Waals surface area contributed by atoms with Gasteiger partial charge in [-0.1, -0.05) is 77.7 Å². The number of benzene rings is 3. The highest BCUT2D eigenvalue weighted by molar-refractivity contribution is 6.36. The number of para-hydroxylation sites is 1. The summed E-state index contributed by atoms with van der Waals surface area (Å²) >= 11 is 12.3. The van der Waals surface area contributed by atoms with Crippen LogP contribution in [0.3, 0.4) is 0 Å². The summed E-state index contributed by atoms with van der Waals surface area (Å²) in [4.78, 5) is 27.8. The van der Waals surface area contributed by atoms with E-state index in [1.54, 1.807) is 6.07 Å². The molecule has 176 valence electrons. The molecule has 0 bridgehead atoms. The summed E-state index contributed by atoms with van der Waals surface area (Å²) in [6.45, 7) is -0.0541. The van der Waals surface area contributed by atoms with E-state index in [2.05, 4.69) is 11.8 Å². The summed E-state index contributed by atoms with van der Waals surface area (Å²) in [5.74, 6) is 5.37. The molecular weight excluding hydrogens is 485 g/mol. The number of hydrogen-bond acceptors (Lipinski definition) is 4. The lowest BCUT2D eigenvalue weighted by Crippen LogP contribution is -2.47. The van der Waals surface area contributed by atoms with Crippen molar-refractivity contribution in [2.75, 3.05) is 13.7 Å². The second kappa shape index (κ2) is 11.1. The number of methoxy groups -OCH3 is 1. The van der Waals surface area contributed by atoms with Gasteiger partial charge in [0.2, 0.25) is 0 Å². The highest BCUT2D eigenvalue weighted by atomic mass is 35.5. The van der Waals surface area contributed by atoms with E-state index < -0.39 is 17.9 Å². The average molecular weight is 506 g/mol. The van der Waals surface area contributed by atoms with E-state index in [0.717, 1.165) is 10.9 Å². The van der Waals surface area contributed by atoms with E-state index in [9.17, 15) is 9.59 Å². The Morgan fingerprint density at radius 1 is 1.00 bits per heavy atom. The van der Waals surface area contributed by atoms with Crippen molar-refractivity contribution in [1.82, 2.24) is 4.90 Å². The lowest BCUT2D eigenvalue weighted by atomic mass is 10.0. The monoisotopic (exact) mass is 505 g/mol. The molecule has 1 aromatic heterocycles. The number of carbonyl (C=O) groups is 2. The minimum atomic E-state index is -0.924. The Morgan fingerprint density at radius 3 is 2.46 bits per heavy atom. The summed E-state index contributed by atoms with van der Waals surface area (Å²) in [5.41, 5.74) is 1.80. The van der Waals surface area contributed by atoms with Crippen LogP contribution in [0.1, 0.15) is 21.7 Å². The first-order chi connectivity index (χ1) is 17.0. The van der Waals surface area contributed by atoms with Crippen LogP contribution in [0.4, 0.5) is 0 Å². The second-order valence-electron chi connectivity index (χ2n) is 7.74. The number of esters is 1.